The zero-order valence-electron chi connectivity index (χ0n) is 29.3. The van der Waals surface area contributed by atoms with Crippen LogP contribution in [0.15, 0.2) is 70.6 Å². The van der Waals surface area contributed by atoms with E-state index < -0.39 is 22.1 Å². The highest BCUT2D eigenvalue weighted by molar-refractivity contribution is 7.82. The molecule has 0 saturated carbocycles. The van der Waals surface area contributed by atoms with Crippen LogP contribution in [0.4, 0.5) is 4.79 Å². The average molecular weight is 773 g/mol. The minimum absolute atomic E-state index is 0.102. The molecular formula is C38H44Cl3N5O4S. The maximum atomic E-state index is 15.3. The number of primary amides is 1. The van der Waals surface area contributed by atoms with Gasteiger partial charge in [0, 0.05) is 48.7 Å². The fourth-order valence-electron chi connectivity index (χ4n) is 7.51. The van der Waals surface area contributed by atoms with E-state index in [1.807, 2.05) is 85.4 Å². The van der Waals surface area contributed by atoms with Gasteiger partial charge in [-0.25, -0.2) is 13.3 Å². The molecule has 2 N–H and O–H groups in total. The van der Waals surface area contributed by atoms with Crippen molar-refractivity contribution in [1.82, 2.24) is 14.1 Å². The minimum atomic E-state index is -1.54. The predicted molar refractivity (Wildman–Crippen MR) is 204 cm³/mol. The molecule has 0 aliphatic carbocycles. The van der Waals surface area contributed by atoms with Crippen LogP contribution < -0.4 is 10.5 Å². The first kappa shape index (κ1) is 37.6. The third-order valence-electron chi connectivity index (χ3n) is 10.4. The Morgan fingerprint density at radius 2 is 1.49 bits per heavy atom. The van der Waals surface area contributed by atoms with E-state index in [4.69, 9.17) is 50.3 Å². The van der Waals surface area contributed by atoms with E-state index in [0.29, 0.717) is 76.1 Å². The Labute approximate surface area is 317 Å². The summed E-state index contributed by atoms with van der Waals surface area (Å²) in [6.07, 6.45) is 3.23. The molecule has 2 fully saturated rings. The van der Waals surface area contributed by atoms with Gasteiger partial charge in [-0.2, -0.15) is 0 Å². The van der Waals surface area contributed by atoms with Crippen LogP contribution in [0.25, 0.3) is 0 Å². The van der Waals surface area contributed by atoms with E-state index >= 15 is 4.79 Å². The molecule has 272 valence electrons. The van der Waals surface area contributed by atoms with Crippen molar-refractivity contribution < 1.29 is 18.5 Å². The van der Waals surface area contributed by atoms with Crippen molar-refractivity contribution in [3.05, 3.63) is 92.4 Å². The van der Waals surface area contributed by atoms with Crippen LogP contribution in [0.1, 0.15) is 76.5 Å². The topological polar surface area (TPSA) is 109 Å². The standard InChI is InChI=1S/C38H44Cl3N5O4S/c1-24(2)50-32-23-31(41)33(51(49)45-17-5-6-18-45)22-30(32)35-43-37(3,26-7-11-28(39)12-8-26)38(4,27-9-13-29(40)14-10-27)46(35)36(48)44-19-15-25(16-20-44)21-34(42)47/h7-14,22-25H,5-6,15-21H2,1-4H3,(H2,42,47). The smallest absolute Gasteiger partial charge is 0.326 e. The van der Waals surface area contributed by atoms with Gasteiger partial charge in [-0.05, 0) is 101 Å². The van der Waals surface area contributed by atoms with Gasteiger partial charge in [0.25, 0.3) is 0 Å². The summed E-state index contributed by atoms with van der Waals surface area (Å²) in [4.78, 5) is 36.5. The molecule has 9 nitrogen and oxygen atoms in total. The van der Waals surface area contributed by atoms with Crippen LogP contribution in [0.5, 0.6) is 5.75 Å². The molecule has 0 spiro atoms. The Hall–Kier alpha value is -3.15. The highest BCUT2D eigenvalue weighted by Gasteiger charge is 2.60. The second kappa shape index (κ2) is 15.1. The minimum Gasteiger partial charge on any atom is -0.490 e. The fraction of sp³-hybridized carbons (Fsp3) is 0.447. The SMILES string of the molecule is CC(C)Oc1cc(Cl)c(S(=O)N2CCCC2)cc1C1=NC(C)(c2ccc(Cl)cc2)C(C)(c2ccc(Cl)cc2)N1C(=O)N1CCC(CC(N)=O)CC1. The van der Waals surface area contributed by atoms with E-state index in [1.165, 1.54) is 0 Å². The van der Waals surface area contributed by atoms with Gasteiger partial charge in [-0.15, -0.1) is 0 Å². The summed E-state index contributed by atoms with van der Waals surface area (Å²) in [5.74, 6) is 0.546. The molecule has 3 amide bonds. The molecule has 2 saturated heterocycles. The largest absolute Gasteiger partial charge is 0.490 e. The number of hydrogen-bond donors (Lipinski definition) is 1. The summed E-state index contributed by atoms with van der Waals surface area (Å²) >= 11 is 19.7. The first-order chi connectivity index (χ1) is 24.2. The number of amidine groups is 1. The van der Waals surface area contributed by atoms with Gasteiger partial charge >= 0.3 is 6.03 Å². The second-order valence-electron chi connectivity index (χ2n) is 14.1. The number of rotatable bonds is 9. The predicted octanol–water partition coefficient (Wildman–Crippen LogP) is 8.15. The number of aliphatic imine (C=N–C) groups is 1. The summed E-state index contributed by atoms with van der Waals surface area (Å²) in [5.41, 5.74) is 5.49. The molecule has 0 radical (unpaired) electrons. The summed E-state index contributed by atoms with van der Waals surface area (Å²) in [6, 6.07) is 18.2. The second-order valence-corrected chi connectivity index (χ2v) is 16.9. The molecule has 3 unspecified atom stereocenters. The van der Waals surface area contributed by atoms with Gasteiger partial charge < -0.3 is 15.4 Å². The van der Waals surface area contributed by atoms with E-state index in [2.05, 4.69) is 0 Å². The lowest BCUT2D eigenvalue weighted by atomic mass is 9.71. The van der Waals surface area contributed by atoms with E-state index in [0.717, 1.165) is 24.0 Å². The van der Waals surface area contributed by atoms with Gasteiger partial charge in [-0.1, -0.05) is 59.1 Å². The zero-order chi connectivity index (χ0) is 36.7. The number of carbonyl (C=O) groups is 2. The summed E-state index contributed by atoms with van der Waals surface area (Å²) in [6.45, 7) is 10.1. The molecule has 3 aromatic rings. The average Bonchev–Trinajstić information content (AvgIpc) is 3.71. The van der Waals surface area contributed by atoms with Crippen molar-refractivity contribution in [2.24, 2.45) is 16.6 Å². The molecule has 51 heavy (non-hydrogen) atoms. The molecule has 3 atom stereocenters. The molecule has 13 heteroatoms. The van der Waals surface area contributed by atoms with Gasteiger partial charge in [0.05, 0.1) is 21.6 Å². The van der Waals surface area contributed by atoms with Gasteiger partial charge in [0.1, 0.15) is 33.6 Å². The van der Waals surface area contributed by atoms with Crippen molar-refractivity contribution in [3.63, 3.8) is 0 Å². The Morgan fingerprint density at radius 3 is 2.04 bits per heavy atom. The van der Waals surface area contributed by atoms with Gasteiger partial charge in [-0.3, -0.25) is 14.7 Å². The van der Waals surface area contributed by atoms with Crippen molar-refractivity contribution in [2.75, 3.05) is 26.2 Å². The maximum absolute atomic E-state index is 15.3. The number of nitrogens with zero attached hydrogens (tertiary/aromatic N) is 4. The Balaban J connectivity index is 1.59. The number of ether oxygens (including phenoxy) is 1. The Morgan fingerprint density at radius 1 is 0.922 bits per heavy atom. The molecule has 3 heterocycles. The lowest BCUT2D eigenvalue weighted by Crippen LogP contribution is -2.59. The number of halogens is 3. The maximum Gasteiger partial charge on any atom is 0.326 e. The molecule has 6 rings (SSSR count). The number of piperidine rings is 1. The number of hydrogen-bond acceptors (Lipinski definition) is 5. The number of benzene rings is 3. The van der Waals surface area contributed by atoms with Crippen LogP contribution in [-0.4, -0.2) is 68.4 Å². The van der Waals surface area contributed by atoms with Crippen molar-refractivity contribution in [1.29, 1.82) is 0 Å². The number of amides is 3. The van der Waals surface area contributed by atoms with Gasteiger partial charge in [0.15, 0.2) is 0 Å². The zero-order valence-corrected chi connectivity index (χ0v) is 32.4. The fourth-order valence-corrected chi connectivity index (χ4v) is 9.43. The van der Waals surface area contributed by atoms with E-state index in [9.17, 15) is 9.00 Å². The van der Waals surface area contributed by atoms with E-state index in [-0.39, 0.29) is 30.4 Å². The summed E-state index contributed by atoms with van der Waals surface area (Å²) < 4.78 is 22.3. The third-order valence-corrected chi connectivity index (χ3v) is 12.9. The Kier molecular flexibility index (Phi) is 11.1. The molecule has 0 bridgehead atoms. The van der Waals surface area contributed by atoms with Crippen LogP contribution in [0.3, 0.4) is 0 Å². The molecule has 3 aliphatic heterocycles. The number of likely N-dealkylation sites (tertiary alicyclic amines) is 1. The number of carbonyl (C=O) groups excluding carboxylic acids is 2. The monoisotopic (exact) mass is 771 g/mol. The summed E-state index contributed by atoms with van der Waals surface area (Å²) in [5, 5.41) is 1.45. The Bertz CT molecular complexity index is 1840. The third kappa shape index (κ3) is 7.27. The van der Waals surface area contributed by atoms with Crippen LogP contribution in [-0.2, 0) is 26.9 Å². The molecule has 3 aliphatic rings. The molecule has 3 aromatic carbocycles. The quantitative estimate of drug-likeness (QED) is 0.237. The van der Waals surface area contributed by atoms with Crippen molar-refractivity contribution in [3.8, 4) is 5.75 Å². The first-order valence-corrected chi connectivity index (χ1v) is 19.6. The summed E-state index contributed by atoms with van der Waals surface area (Å²) in [7, 11) is -1.54. The number of urea groups is 1. The van der Waals surface area contributed by atoms with Crippen molar-refractivity contribution in [2.45, 2.75) is 81.9 Å². The lowest BCUT2D eigenvalue weighted by molar-refractivity contribution is -0.119. The van der Waals surface area contributed by atoms with E-state index in [1.54, 1.807) is 17.0 Å². The lowest BCUT2D eigenvalue weighted by Gasteiger charge is -2.47. The number of nitrogens with two attached hydrogens (primary N) is 1. The molecule has 0 aromatic heterocycles. The van der Waals surface area contributed by atoms with Gasteiger partial charge in [0.2, 0.25) is 5.91 Å². The molecular weight excluding hydrogens is 729 g/mol. The highest BCUT2D eigenvalue weighted by Crippen LogP contribution is 2.54. The highest BCUT2D eigenvalue weighted by atomic mass is 35.5. The first-order valence-electron chi connectivity index (χ1n) is 17.4. The van der Waals surface area contributed by atoms with Crippen LogP contribution in [0.2, 0.25) is 15.1 Å². The van der Waals surface area contributed by atoms with Crippen molar-refractivity contribution >= 4 is 63.6 Å². The van der Waals surface area contributed by atoms with Crippen LogP contribution in [0, 0.1) is 5.92 Å². The normalized spacial score (nSPS) is 23.5. The van der Waals surface area contributed by atoms with Crippen LogP contribution >= 0.6 is 34.8 Å².